The van der Waals surface area contributed by atoms with Crippen LogP contribution in [0.25, 0.3) is 11.6 Å². The van der Waals surface area contributed by atoms with E-state index in [1.54, 1.807) is 0 Å². The zero-order chi connectivity index (χ0) is 11.7. The molecule has 1 heteroatoms. The lowest BCUT2D eigenvalue weighted by Gasteiger charge is -2.00. The largest absolute Gasteiger partial charge is 0.388 e. The van der Waals surface area contributed by atoms with Gasteiger partial charge >= 0.3 is 0 Å². The first-order valence-electron chi connectivity index (χ1n) is 5.87. The number of aliphatic hydroxyl groups is 1. The molecule has 0 radical (unpaired) electrons. The summed E-state index contributed by atoms with van der Waals surface area (Å²) in [5, 5.41) is 9.99. The molecule has 1 atom stereocenters. The average Bonchev–Trinajstić information content (AvgIpc) is 2.69. The van der Waals surface area contributed by atoms with Crippen molar-refractivity contribution in [1.82, 2.24) is 0 Å². The van der Waals surface area contributed by atoms with Crippen molar-refractivity contribution in [3.8, 4) is 0 Å². The van der Waals surface area contributed by atoms with Crippen LogP contribution in [0.2, 0.25) is 0 Å². The van der Waals surface area contributed by atoms with E-state index in [-0.39, 0.29) is 6.10 Å². The van der Waals surface area contributed by atoms with Crippen molar-refractivity contribution >= 4 is 11.6 Å². The van der Waals surface area contributed by atoms with Crippen LogP contribution in [0.5, 0.6) is 0 Å². The second kappa shape index (κ2) is 4.19. The van der Waals surface area contributed by atoms with Crippen LogP contribution >= 0.6 is 0 Å². The summed E-state index contributed by atoms with van der Waals surface area (Å²) >= 11 is 0. The van der Waals surface area contributed by atoms with Gasteiger partial charge in [0.2, 0.25) is 0 Å². The molecule has 0 saturated carbocycles. The summed E-state index contributed by atoms with van der Waals surface area (Å²) in [5.41, 5.74) is 4.64. The van der Waals surface area contributed by atoms with Crippen molar-refractivity contribution in [1.29, 1.82) is 0 Å². The highest BCUT2D eigenvalue weighted by Crippen LogP contribution is 2.40. The average molecular weight is 222 g/mol. The number of hydrogen-bond donors (Lipinski definition) is 1. The molecular formula is C16H14O. The Morgan fingerprint density at radius 2 is 1.65 bits per heavy atom. The van der Waals surface area contributed by atoms with E-state index in [0.29, 0.717) is 6.42 Å². The van der Waals surface area contributed by atoms with Crippen LogP contribution in [0.3, 0.4) is 0 Å². The number of fused-ring (bicyclic) bond motifs is 1. The fourth-order valence-electron chi connectivity index (χ4n) is 2.40. The molecule has 2 aromatic carbocycles. The van der Waals surface area contributed by atoms with Gasteiger partial charge in [-0.15, -0.1) is 0 Å². The molecule has 0 aromatic heterocycles. The van der Waals surface area contributed by atoms with Crippen molar-refractivity contribution in [2.24, 2.45) is 0 Å². The zero-order valence-corrected chi connectivity index (χ0v) is 9.51. The molecule has 0 bridgehead atoms. The third-order valence-electron chi connectivity index (χ3n) is 3.22. The monoisotopic (exact) mass is 222 g/mol. The lowest BCUT2D eigenvalue weighted by molar-refractivity contribution is 0.190. The summed E-state index contributed by atoms with van der Waals surface area (Å²) in [5.74, 6) is 0. The lowest BCUT2D eigenvalue weighted by atomic mass is 10.0. The van der Waals surface area contributed by atoms with E-state index in [1.165, 1.54) is 16.7 Å². The Kier molecular flexibility index (Phi) is 2.54. The molecule has 0 spiro atoms. The predicted octanol–water partition coefficient (Wildman–Crippen LogP) is 3.66. The van der Waals surface area contributed by atoms with Crippen molar-refractivity contribution in [2.45, 2.75) is 12.5 Å². The molecule has 3 rings (SSSR count). The molecule has 1 aliphatic carbocycles. The Morgan fingerprint density at radius 1 is 0.941 bits per heavy atom. The third-order valence-corrected chi connectivity index (χ3v) is 3.22. The highest BCUT2D eigenvalue weighted by atomic mass is 16.3. The van der Waals surface area contributed by atoms with Gasteiger partial charge in [0.05, 0.1) is 6.10 Å². The maximum atomic E-state index is 9.99. The number of benzene rings is 2. The Hall–Kier alpha value is -1.86. The first-order chi connectivity index (χ1) is 8.34. The zero-order valence-electron chi connectivity index (χ0n) is 9.51. The normalized spacial score (nSPS) is 20.5. The first-order valence-corrected chi connectivity index (χ1v) is 5.87. The Balaban J connectivity index is 2.05. The summed E-state index contributed by atoms with van der Waals surface area (Å²) in [6.07, 6.45) is 2.53. The minimum absolute atomic E-state index is 0.346. The molecule has 1 nitrogen and oxygen atoms in total. The third kappa shape index (κ3) is 1.90. The van der Waals surface area contributed by atoms with Gasteiger partial charge in [0, 0.05) is 6.42 Å². The highest BCUT2D eigenvalue weighted by Gasteiger charge is 2.23. The Bertz CT molecular complexity index is 555. The van der Waals surface area contributed by atoms with Crippen LogP contribution in [0.15, 0.2) is 54.6 Å². The van der Waals surface area contributed by atoms with Crippen molar-refractivity contribution in [2.75, 3.05) is 0 Å². The highest BCUT2D eigenvalue weighted by molar-refractivity contribution is 5.85. The molecule has 1 unspecified atom stereocenters. The van der Waals surface area contributed by atoms with Gasteiger partial charge in [-0.05, 0) is 22.3 Å². The standard InChI is InChI=1S/C16H14O/c17-16-11-13(10-12-6-2-1-3-7-12)14-8-4-5-9-15(14)16/h1-10,16-17H,11H2/b13-10-. The van der Waals surface area contributed by atoms with Crippen molar-refractivity contribution in [3.05, 3.63) is 71.3 Å². The topological polar surface area (TPSA) is 20.2 Å². The number of hydrogen-bond acceptors (Lipinski definition) is 1. The van der Waals surface area contributed by atoms with Crippen molar-refractivity contribution < 1.29 is 5.11 Å². The second-order valence-corrected chi connectivity index (χ2v) is 4.39. The van der Waals surface area contributed by atoms with Gasteiger partial charge in [0.1, 0.15) is 0 Å². The smallest absolute Gasteiger partial charge is 0.0836 e. The van der Waals surface area contributed by atoms with Crippen LogP contribution in [0.1, 0.15) is 29.2 Å². The molecule has 0 heterocycles. The maximum Gasteiger partial charge on any atom is 0.0836 e. The van der Waals surface area contributed by atoms with E-state index in [2.05, 4.69) is 24.3 Å². The minimum atomic E-state index is -0.346. The van der Waals surface area contributed by atoms with Gasteiger partial charge < -0.3 is 5.11 Å². The molecule has 17 heavy (non-hydrogen) atoms. The molecule has 1 N–H and O–H groups in total. The van der Waals surface area contributed by atoms with E-state index < -0.39 is 0 Å². The van der Waals surface area contributed by atoms with Gasteiger partial charge in [-0.2, -0.15) is 0 Å². The number of aliphatic hydroxyl groups excluding tert-OH is 1. The Morgan fingerprint density at radius 3 is 2.47 bits per heavy atom. The maximum absolute atomic E-state index is 9.99. The quantitative estimate of drug-likeness (QED) is 0.780. The molecule has 84 valence electrons. The summed E-state index contributed by atoms with van der Waals surface area (Å²) in [4.78, 5) is 0. The second-order valence-electron chi connectivity index (χ2n) is 4.39. The van der Waals surface area contributed by atoms with Crippen LogP contribution in [0.4, 0.5) is 0 Å². The van der Waals surface area contributed by atoms with E-state index in [1.807, 2.05) is 36.4 Å². The van der Waals surface area contributed by atoms with Crippen LogP contribution < -0.4 is 0 Å². The summed E-state index contributed by atoms with van der Waals surface area (Å²) in [6, 6.07) is 18.3. The SMILES string of the molecule is OC1C/C(=C/c2ccccc2)c2ccccc21. The van der Waals surface area contributed by atoms with Crippen LogP contribution in [-0.4, -0.2) is 5.11 Å². The van der Waals surface area contributed by atoms with Crippen LogP contribution in [0, 0.1) is 0 Å². The summed E-state index contributed by atoms with van der Waals surface area (Å²) in [6.45, 7) is 0. The molecule has 2 aromatic rings. The molecule has 0 fully saturated rings. The fraction of sp³-hybridized carbons (Fsp3) is 0.125. The van der Waals surface area contributed by atoms with Gasteiger partial charge in [0.15, 0.2) is 0 Å². The van der Waals surface area contributed by atoms with Crippen molar-refractivity contribution in [3.63, 3.8) is 0 Å². The van der Waals surface area contributed by atoms with E-state index in [0.717, 1.165) is 5.56 Å². The van der Waals surface area contributed by atoms with Gasteiger partial charge in [-0.1, -0.05) is 60.7 Å². The summed E-state index contributed by atoms with van der Waals surface area (Å²) in [7, 11) is 0. The molecule has 0 saturated heterocycles. The fourth-order valence-corrected chi connectivity index (χ4v) is 2.40. The molecule has 0 amide bonds. The minimum Gasteiger partial charge on any atom is -0.388 e. The molecule has 0 aliphatic heterocycles. The summed E-state index contributed by atoms with van der Waals surface area (Å²) < 4.78 is 0. The van der Waals surface area contributed by atoms with Crippen LogP contribution in [-0.2, 0) is 0 Å². The van der Waals surface area contributed by atoms with Gasteiger partial charge in [-0.25, -0.2) is 0 Å². The Labute approximate surface area is 101 Å². The first kappa shape index (κ1) is 10.3. The molecule has 1 aliphatic rings. The van der Waals surface area contributed by atoms with Gasteiger partial charge in [-0.3, -0.25) is 0 Å². The van der Waals surface area contributed by atoms with Gasteiger partial charge in [0.25, 0.3) is 0 Å². The number of rotatable bonds is 1. The predicted molar refractivity (Wildman–Crippen MR) is 70.3 cm³/mol. The van der Waals surface area contributed by atoms with E-state index in [4.69, 9.17) is 0 Å². The molecular weight excluding hydrogens is 208 g/mol. The van der Waals surface area contributed by atoms with E-state index in [9.17, 15) is 5.11 Å². The van der Waals surface area contributed by atoms with E-state index >= 15 is 0 Å². The lowest BCUT2D eigenvalue weighted by Crippen LogP contribution is -1.88.